The topological polar surface area (TPSA) is 32.7 Å². The maximum atomic E-state index is 12.6. The second-order valence-corrected chi connectivity index (χ2v) is 5.25. The third-order valence-corrected chi connectivity index (χ3v) is 3.70. The van der Waals surface area contributed by atoms with Gasteiger partial charge in [-0.15, -0.1) is 0 Å². The summed E-state index contributed by atoms with van der Waals surface area (Å²) in [7, 11) is 3.05. The molecule has 1 N–H and O–H groups in total. The summed E-state index contributed by atoms with van der Waals surface area (Å²) in [6, 6.07) is 10.3. The molecule has 0 bridgehead atoms. The lowest BCUT2D eigenvalue weighted by molar-refractivity contribution is -0.206. The van der Waals surface area contributed by atoms with E-state index in [0.29, 0.717) is 11.1 Å². The molecule has 0 aliphatic rings. The van der Waals surface area contributed by atoms with Crippen molar-refractivity contribution in [3.05, 3.63) is 59.2 Å². The fourth-order valence-corrected chi connectivity index (χ4v) is 2.32. The van der Waals surface area contributed by atoms with Crippen molar-refractivity contribution >= 4 is 0 Å². The quantitative estimate of drug-likeness (QED) is 0.677. The van der Waals surface area contributed by atoms with Gasteiger partial charge in [-0.3, -0.25) is 4.84 Å². The van der Waals surface area contributed by atoms with E-state index in [4.69, 9.17) is 4.84 Å². The molecular formula is C17H18F3NO2. The van der Waals surface area contributed by atoms with Gasteiger partial charge in [0.25, 0.3) is 0 Å². The van der Waals surface area contributed by atoms with Crippen LogP contribution in [0.2, 0.25) is 0 Å². The number of hydroxylamine groups is 2. The van der Waals surface area contributed by atoms with Gasteiger partial charge in [-0.25, -0.2) is 0 Å². The van der Waals surface area contributed by atoms with Crippen LogP contribution < -0.4 is 0 Å². The number of alkyl halides is 3. The van der Waals surface area contributed by atoms with Gasteiger partial charge in [0, 0.05) is 7.05 Å². The molecule has 1 atom stereocenters. The molecule has 3 nitrogen and oxygen atoms in total. The average molecular weight is 325 g/mol. The number of halogens is 3. The van der Waals surface area contributed by atoms with Gasteiger partial charge in [0.1, 0.15) is 0 Å². The SMILES string of the molecule is CON(C)C(O)c1ccc(-c2ccc(C(F)(F)F)cc2)c(C)c1. The third-order valence-electron chi connectivity index (χ3n) is 3.70. The standard InChI is InChI=1S/C17H18F3NO2/c1-11-10-13(16(22)21(2)23-3)6-9-15(11)12-4-7-14(8-5-12)17(18,19)20/h4-10,16,22H,1-3H3. The van der Waals surface area contributed by atoms with Gasteiger partial charge in [-0.2, -0.15) is 18.2 Å². The Kier molecular flexibility index (Phi) is 5.09. The van der Waals surface area contributed by atoms with Crippen LogP contribution in [0.4, 0.5) is 13.2 Å². The van der Waals surface area contributed by atoms with E-state index in [1.165, 1.54) is 24.3 Å². The van der Waals surface area contributed by atoms with Crippen LogP contribution in [0.1, 0.15) is 22.9 Å². The number of aliphatic hydroxyl groups excluding tert-OH is 1. The van der Waals surface area contributed by atoms with E-state index in [0.717, 1.165) is 23.3 Å². The van der Waals surface area contributed by atoms with Crippen LogP contribution in [0, 0.1) is 6.92 Å². The van der Waals surface area contributed by atoms with Crippen molar-refractivity contribution in [1.82, 2.24) is 5.06 Å². The fraction of sp³-hybridized carbons (Fsp3) is 0.294. The van der Waals surface area contributed by atoms with E-state index in [1.807, 2.05) is 6.92 Å². The van der Waals surface area contributed by atoms with Crippen LogP contribution in [0.15, 0.2) is 42.5 Å². The van der Waals surface area contributed by atoms with Gasteiger partial charge in [-0.1, -0.05) is 30.3 Å². The van der Waals surface area contributed by atoms with Crippen LogP contribution in [-0.4, -0.2) is 24.3 Å². The Balaban J connectivity index is 2.31. The lowest BCUT2D eigenvalue weighted by Gasteiger charge is -2.22. The van der Waals surface area contributed by atoms with Gasteiger partial charge in [0.15, 0.2) is 6.23 Å². The minimum atomic E-state index is -4.34. The number of aliphatic hydroxyl groups is 1. The normalized spacial score (nSPS) is 13.4. The summed E-state index contributed by atoms with van der Waals surface area (Å²) in [5.74, 6) is 0. The highest BCUT2D eigenvalue weighted by molar-refractivity contribution is 5.68. The zero-order valence-corrected chi connectivity index (χ0v) is 13.1. The van der Waals surface area contributed by atoms with Crippen LogP contribution in [0.5, 0.6) is 0 Å². The van der Waals surface area contributed by atoms with Crippen molar-refractivity contribution < 1.29 is 23.1 Å². The first-order valence-electron chi connectivity index (χ1n) is 6.97. The minimum Gasteiger partial charge on any atom is -0.372 e. The Morgan fingerprint density at radius 2 is 1.70 bits per heavy atom. The molecule has 2 rings (SSSR count). The van der Waals surface area contributed by atoms with E-state index in [-0.39, 0.29) is 0 Å². The number of benzene rings is 2. The Morgan fingerprint density at radius 3 is 2.17 bits per heavy atom. The molecule has 0 saturated heterocycles. The van der Waals surface area contributed by atoms with E-state index in [1.54, 1.807) is 25.2 Å². The zero-order chi connectivity index (χ0) is 17.2. The number of aryl methyl sites for hydroxylation is 1. The van der Waals surface area contributed by atoms with Crippen LogP contribution >= 0.6 is 0 Å². The third kappa shape index (κ3) is 3.90. The average Bonchev–Trinajstić information content (AvgIpc) is 2.52. The van der Waals surface area contributed by atoms with E-state index in [2.05, 4.69) is 0 Å². The molecule has 23 heavy (non-hydrogen) atoms. The summed E-state index contributed by atoms with van der Waals surface area (Å²) in [6.07, 6.45) is -5.26. The maximum Gasteiger partial charge on any atom is 0.416 e. The van der Waals surface area contributed by atoms with E-state index < -0.39 is 18.0 Å². The summed E-state index contributed by atoms with van der Waals surface area (Å²) in [6.45, 7) is 1.84. The molecular weight excluding hydrogens is 307 g/mol. The van der Waals surface area contributed by atoms with Crippen molar-refractivity contribution in [1.29, 1.82) is 0 Å². The molecule has 2 aromatic carbocycles. The molecule has 0 saturated carbocycles. The Morgan fingerprint density at radius 1 is 1.09 bits per heavy atom. The molecule has 0 aromatic heterocycles. The fourth-order valence-electron chi connectivity index (χ4n) is 2.32. The molecule has 0 heterocycles. The van der Waals surface area contributed by atoms with E-state index in [9.17, 15) is 18.3 Å². The van der Waals surface area contributed by atoms with Crippen molar-refractivity contribution in [2.75, 3.05) is 14.2 Å². The molecule has 0 radical (unpaired) electrons. The number of hydrogen-bond donors (Lipinski definition) is 1. The first-order chi connectivity index (χ1) is 10.7. The van der Waals surface area contributed by atoms with Crippen molar-refractivity contribution in [3.8, 4) is 11.1 Å². The largest absolute Gasteiger partial charge is 0.416 e. The minimum absolute atomic E-state index is 0.641. The molecule has 1 unspecified atom stereocenters. The highest BCUT2D eigenvalue weighted by Gasteiger charge is 2.30. The number of hydrogen-bond acceptors (Lipinski definition) is 3. The zero-order valence-electron chi connectivity index (χ0n) is 13.1. The summed E-state index contributed by atoms with van der Waals surface area (Å²) >= 11 is 0. The smallest absolute Gasteiger partial charge is 0.372 e. The van der Waals surface area contributed by atoms with Gasteiger partial charge in [0.2, 0.25) is 0 Å². The summed E-state index contributed by atoms with van der Waals surface area (Å²) in [5.41, 5.74) is 2.33. The Labute approximate surface area is 132 Å². The predicted octanol–water partition coefficient (Wildman–Crippen LogP) is 4.16. The van der Waals surface area contributed by atoms with Crippen LogP contribution in [0.3, 0.4) is 0 Å². The highest BCUT2D eigenvalue weighted by atomic mass is 19.4. The van der Waals surface area contributed by atoms with Crippen LogP contribution in [-0.2, 0) is 11.0 Å². The summed E-state index contributed by atoms with van der Waals surface area (Å²) in [5, 5.41) is 11.4. The highest BCUT2D eigenvalue weighted by Crippen LogP contribution is 2.32. The van der Waals surface area contributed by atoms with Gasteiger partial charge >= 0.3 is 6.18 Å². The summed E-state index contributed by atoms with van der Waals surface area (Å²) < 4.78 is 37.8. The molecule has 124 valence electrons. The molecule has 0 fully saturated rings. The summed E-state index contributed by atoms with van der Waals surface area (Å²) in [4.78, 5) is 4.94. The molecule has 0 amide bonds. The van der Waals surface area contributed by atoms with Crippen molar-refractivity contribution in [2.24, 2.45) is 0 Å². The molecule has 0 aliphatic heterocycles. The first-order valence-corrected chi connectivity index (χ1v) is 6.97. The van der Waals surface area contributed by atoms with Gasteiger partial charge in [-0.05, 0) is 41.3 Å². The molecule has 6 heteroatoms. The maximum absolute atomic E-state index is 12.6. The first kappa shape index (κ1) is 17.5. The molecule has 0 spiro atoms. The van der Waals surface area contributed by atoms with E-state index >= 15 is 0 Å². The van der Waals surface area contributed by atoms with Crippen molar-refractivity contribution in [3.63, 3.8) is 0 Å². The predicted molar refractivity (Wildman–Crippen MR) is 81.3 cm³/mol. The lowest BCUT2D eigenvalue weighted by Crippen LogP contribution is -2.23. The Bertz CT molecular complexity index is 669. The molecule has 0 aliphatic carbocycles. The van der Waals surface area contributed by atoms with Gasteiger partial charge < -0.3 is 5.11 Å². The molecule has 2 aromatic rings. The van der Waals surface area contributed by atoms with Crippen LogP contribution in [0.25, 0.3) is 11.1 Å². The van der Waals surface area contributed by atoms with Gasteiger partial charge in [0.05, 0.1) is 12.7 Å². The Hall–Kier alpha value is -1.89. The second kappa shape index (κ2) is 6.70. The second-order valence-electron chi connectivity index (χ2n) is 5.25. The lowest BCUT2D eigenvalue weighted by atomic mass is 9.97. The number of nitrogens with zero attached hydrogens (tertiary/aromatic N) is 1. The van der Waals surface area contributed by atoms with Crippen molar-refractivity contribution in [2.45, 2.75) is 19.3 Å². The monoisotopic (exact) mass is 325 g/mol. The number of rotatable bonds is 4.